The molecule has 1 atom stereocenters. The van der Waals surface area contributed by atoms with Crippen molar-refractivity contribution in [3.05, 3.63) is 40.4 Å². The van der Waals surface area contributed by atoms with Gasteiger partial charge in [-0.15, -0.1) is 0 Å². The number of nitrogens with one attached hydrogen (secondary N) is 1. The molecular weight excluding hydrogens is 364 g/mol. The van der Waals surface area contributed by atoms with Crippen molar-refractivity contribution in [2.24, 2.45) is 0 Å². The summed E-state index contributed by atoms with van der Waals surface area (Å²) < 4.78 is 24.9. The van der Waals surface area contributed by atoms with E-state index < -0.39 is 9.84 Å². The zero-order valence-corrected chi connectivity index (χ0v) is 15.6. The molecule has 134 valence electrons. The first-order valence-corrected chi connectivity index (χ1v) is 10.2. The van der Waals surface area contributed by atoms with Gasteiger partial charge in [-0.05, 0) is 31.4 Å². The molecule has 3 rings (SSSR count). The molecule has 1 amide bonds. The van der Waals surface area contributed by atoms with E-state index in [4.69, 9.17) is 11.6 Å². The van der Waals surface area contributed by atoms with Crippen molar-refractivity contribution in [2.75, 3.05) is 16.8 Å². The summed E-state index contributed by atoms with van der Waals surface area (Å²) in [6, 6.07) is 1.48. The number of nitrogens with zero attached hydrogens (tertiary/aromatic N) is 3. The highest BCUT2D eigenvalue weighted by molar-refractivity contribution is 7.91. The second-order valence-corrected chi connectivity index (χ2v) is 8.76. The van der Waals surface area contributed by atoms with Crippen molar-refractivity contribution < 1.29 is 13.2 Å². The fourth-order valence-corrected chi connectivity index (χ4v) is 5.02. The zero-order chi connectivity index (χ0) is 18.2. The van der Waals surface area contributed by atoms with Crippen LogP contribution in [0.5, 0.6) is 0 Å². The topological polar surface area (TPSA) is 94.0 Å². The molecule has 1 aliphatic rings. The van der Waals surface area contributed by atoms with E-state index in [1.54, 1.807) is 18.5 Å². The van der Waals surface area contributed by atoms with Gasteiger partial charge in [-0.2, -0.15) is 5.10 Å². The normalized spacial score (nSPS) is 19.1. The first-order valence-electron chi connectivity index (χ1n) is 8.01. The summed E-state index contributed by atoms with van der Waals surface area (Å²) in [7, 11) is -3.07. The Labute approximate surface area is 151 Å². The third-order valence-corrected chi connectivity index (χ3v) is 6.29. The lowest BCUT2D eigenvalue weighted by molar-refractivity contribution is 0.102. The molecule has 3 heterocycles. The molecule has 7 nitrogen and oxygen atoms in total. The minimum absolute atomic E-state index is 0.000410. The maximum absolute atomic E-state index is 12.7. The van der Waals surface area contributed by atoms with Gasteiger partial charge in [-0.3, -0.25) is 9.78 Å². The molecule has 0 saturated carbocycles. The second-order valence-electron chi connectivity index (χ2n) is 6.17. The second kappa shape index (κ2) is 6.76. The lowest BCUT2D eigenvalue weighted by atomic mass is 10.2. The Morgan fingerprint density at radius 1 is 1.44 bits per heavy atom. The average molecular weight is 383 g/mol. The number of aromatic nitrogens is 3. The van der Waals surface area contributed by atoms with Crippen LogP contribution in [-0.4, -0.2) is 40.6 Å². The van der Waals surface area contributed by atoms with Crippen LogP contribution in [0.25, 0.3) is 0 Å². The maximum atomic E-state index is 12.7. The van der Waals surface area contributed by atoms with Gasteiger partial charge >= 0.3 is 0 Å². The SMILES string of the molecule is CCc1nn(C2CCS(=O)(=O)C2)c(Cl)c1C(=O)Nc1cncc(C)c1. The number of carbonyl (C=O) groups excluding carboxylic acids is 1. The molecule has 1 aliphatic heterocycles. The van der Waals surface area contributed by atoms with Crippen molar-refractivity contribution in [1.29, 1.82) is 0 Å². The van der Waals surface area contributed by atoms with E-state index in [0.29, 0.717) is 24.2 Å². The van der Waals surface area contributed by atoms with Crippen LogP contribution >= 0.6 is 11.6 Å². The number of pyridine rings is 1. The fourth-order valence-electron chi connectivity index (χ4n) is 2.96. The van der Waals surface area contributed by atoms with Crippen molar-refractivity contribution >= 4 is 33.0 Å². The molecular formula is C16H19ClN4O3S. The molecule has 1 unspecified atom stereocenters. The molecule has 0 bridgehead atoms. The summed E-state index contributed by atoms with van der Waals surface area (Å²) in [5, 5.41) is 7.35. The Morgan fingerprint density at radius 3 is 2.80 bits per heavy atom. The van der Waals surface area contributed by atoms with E-state index in [0.717, 1.165) is 5.56 Å². The Morgan fingerprint density at radius 2 is 2.20 bits per heavy atom. The van der Waals surface area contributed by atoms with Gasteiger partial charge in [0.25, 0.3) is 5.91 Å². The highest BCUT2D eigenvalue weighted by Crippen LogP contribution is 2.30. The van der Waals surface area contributed by atoms with Crippen molar-refractivity contribution in [3.8, 4) is 0 Å². The van der Waals surface area contributed by atoms with E-state index in [2.05, 4.69) is 15.4 Å². The largest absolute Gasteiger partial charge is 0.320 e. The first-order chi connectivity index (χ1) is 11.8. The van der Waals surface area contributed by atoms with E-state index in [1.165, 1.54) is 4.68 Å². The number of anilines is 1. The number of halogens is 1. The smallest absolute Gasteiger partial charge is 0.260 e. The van der Waals surface area contributed by atoms with E-state index in [-0.39, 0.29) is 34.2 Å². The van der Waals surface area contributed by atoms with Crippen LogP contribution in [0.4, 0.5) is 5.69 Å². The molecule has 2 aromatic rings. The maximum Gasteiger partial charge on any atom is 0.260 e. The number of hydrogen-bond donors (Lipinski definition) is 1. The summed E-state index contributed by atoms with van der Waals surface area (Å²) in [6.07, 6.45) is 4.22. The molecule has 0 aliphatic carbocycles. The molecule has 0 radical (unpaired) electrons. The Hall–Kier alpha value is -1.93. The standard InChI is InChI=1S/C16H19ClN4O3S/c1-3-13-14(16(22)19-11-6-10(2)7-18-8-11)15(17)21(20-13)12-4-5-25(23,24)9-12/h6-8,12H,3-5,9H2,1-2H3,(H,19,22). The van der Waals surface area contributed by atoms with Gasteiger partial charge < -0.3 is 5.32 Å². The summed E-state index contributed by atoms with van der Waals surface area (Å²) in [6.45, 7) is 3.76. The Balaban J connectivity index is 1.92. The first kappa shape index (κ1) is 17.9. The summed E-state index contributed by atoms with van der Waals surface area (Å²) in [5.74, 6) is -0.256. The number of hydrogen-bond acceptors (Lipinski definition) is 5. The third-order valence-electron chi connectivity index (χ3n) is 4.17. The van der Waals surface area contributed by atoms with Gasteiger partial charge in [-0.1, -0.05) is 18.5 Å². The predicted molar refractivity (Wildman–Crippen MR) is 95.9 cm³/mol. The van der Waals surface area contributed by atoms with Crippen molar-refractivity contribution in [3.63, 3.8) is 0 Å². The number of rotatable bonds is 4. The number of sulfone groups is 1. The minimum Gasteiger partial charge on any atom is -0.320 e. The lowest BCUT2D eigenvalue weighted by Crippen LogP contribution is -2.15. The van der Waals surface area contributed by atoms with Crippen molar-refractivity contribution in [1.82, 2.24) is 14.8 Å². The molecule has 9 heteroatoms. The van der Waals surface area contributed by atoms with Gasteiger partial charge in [0.05, 0.1) is 40.7 Å². The number of amides is 1. The van der Waals surface area contributed by atoms with Gasteiger partial charge in [0, 0.05) is 6.20 Å². The van der Waals surface area contributed by atoms with Crippen LogP contribution in [0.1, 0.15) is 41.0 Å². The van der Waals surface area contributed by atoms with E-state index in [1.807, 2.05) is 13.8 Å². The number of carbonyl (C=O) groups is 1. The molecule has 1 fully saturated rings. The van der Waals surface area contributed by atoms with Gasteiger partial charge in [0.15, 0.2) is 9.84 Å². The van der Waals surface area contributed by atoms with E-state index >= 15 is 0 Å². The number of aryl methyl sites for hydroxylation is 2. The minimum atomic E-state index is -3.07. The highest BCUT2D eigenvalue weighted by atomic mass is 35.5. The Bertz CT molecular complexity index is 923. The predicted octanol–water partition coefficient (Wildman–Crippen LogP) is 2.41. The molecule has 0 spiro atoms. The zero-order valence-electron chi connectivity index (χ0n) is 14.0. The molecule has 25 heavy (non-hydrogen) atoms. The van der Waals surface area contributed by atoms with Crippen LogP contribution in [0.15, 0.2) is 18.5 Å². The molecule has 2 aromatic heterocycles. The molecule has 1 N–H and O–H groups in total. The van der Waals surface area contributed by atoms with Gasteiger partial charge in [0.1, 0.15) is 5.15 Å². The van der Waals surface area contributed by atoms with Crippen molar-refractivity contribution in [2.45, 2.75) is 32.7 Å². The summed E-state index contributed by atoms with van der Waals surface area (Å²) in [5.41, 5.74) is 2.33. The van der Waals surface area contributed by atoms with Crippen LogP contribution < -0.4 is 5.32 Å². The average Bonchev–Trinajstić information content (AvgIpc) is 3.06. The lowest BCUT2D eigenvalue weighted by Gasteiger charge is -2.10. The molecule has 0 aromatic carbocycles. The highest BCUT2D eigenvalue weighted by Gasteiger charge is 2.33. The van der Waals surface area contributed by atoms with Gasteiger partial charge in [-0.25, -0.2) is 13.1 Å². The van der Waals surface area contributed by atoms with E-state index in [9.17, 15) is 13.2 Å². The summed E-state index contributed by atoms with van der Waals surface area (Å²) >= 11 is 6.40. The third kappa shape index (κ3) is 3.69. The van der Waals surface area contributed by atoms with Crippen LogP contribution in [0.2, 0.25) is 5.15 Å². The molecule has 1 saturated heterocycles. The van der Waals surface area contributed by atoms with Crippen LogP contribution in [0, 0.1) is 6.92 Å². The van der Waals surface area contributed by atoms with Crippen LogP contribution in [-0.2, 0) is 16.3 Å². The quantitative estimate of drug-likeness (QED) is 0.876. The summed E-state index contributed by atoms with van der Waals surface area (Å²) in [4.78, 5) is 16.7. The van der Waals surface area contributed by atoms with Crippen LogP contribution in [0.3, 0.4) is 0 Å². The Kier molecular flexibility index (Phi) is 4.83. The fraction of sp³-hybridized carbons (Fsp3) is 0.438. The van der Waals surface area contributed by atoms with Gasteiger partial charge in [0.2, 0.25) is 0 Å². The monoisotopic (exact) mass is 382 g/mol.